The summed E-state index contributed by atoms with van der Waals surface area (Å²) in [7, 11) is 0. The third-order valence-electron chi connectivity index (χ3n) is 6.32. The third kappa shape index (κ3) is 2.99. The number of benzene rings is 1. The lowest BCUT2D eigenvalue weighted by Gasteiger charge is -2.31. The zero-order valence-corrected chi connectivity index (χ0v) is 14.8. The van der Waals surface area contributed by atoms with Crippen LogP contribution < -0.4 is 0 Å². The predicted molar refractivity (Wildman–Crippen MR) is 89.1 cm³/mol. The Balaban J connectivity index is 1.48. The monoisotopic (exact) mass is 382 g/mol. The molecule has 3 aliphatic rings. The van der Waals surface area contributed by atoms with Gasteiger partial charge in [-0.3, -0.25) is 14.5 Å². The van der Waals surface area contributed by atoms with Crippen molar-refractivity contribution in [2.75, 3.05) is 26.2 Å². The highest BCUT2D eigenvalue weighted by Crippen LogP contribution is 2.44. The standard InChI is InChI=1S/C19H21F3N2O3/c20-14-4-11(5-15(21)16(14)22)6-23-7-13-8-24(17(25)12-2-1-3-12)10-19(13,9-23)18(26)27/h4-5,12-13H,1-3,6-10H2,(H,26,27)/t13-,19-/m0/s1. The van der Waals surface area contributed by atoms with Crippen LogP contribution in [0.3, 0.4) is 0 Å². The van der Waals surface area contributed by atoms with E-state index in [1.807, 2.05) is 4.90 Å². The van der Waals surface area contributed by atoms with Crippen LogP contribution in [0.2, 0.25) is 0 Å². The predicted octanol–water partition coefficient (Wildman–Crippen LogP) is 2.25. The molecule has 8 heteroatoms. The van der Waals surface area contributed by atoms with Crippen molar-refractivity contribution in [2.45, 2.75) is 25.8 Å². The summed E-state index contributed by atoms with van der Waals surface area (Å²) in [5.74, 6) is -5.13. The number of carboxylic acids is 1. The van der Waals surface area contributed by atoms with E-state index < -0.39 is 28.8 Å². The molecule has 1 aliphatic carbocycles. The van der Waals surface area contributed by atoms with E-state index in [2.05, 4.69) is 0 Å². The number of hydrogen-bond donors (Lipinski definition) is 1. The van der Waals surface area contributed by atoms with Gasteiger partial charge in [-0.2, -0.15) is 0 Å². The Morgan fingerprint density at radius 1 is 1.11 bits per heavy atom. The smallest absolute Gasteiger partial charge is 0.313 e. The van der Waals surface area contributed by atoms with Gasteiger partial charge in [-0.1, -0.05) is 6.42 Å². The van der Waals surface area contributed by atoms with E-state index in [4.69, 9.17) is 0 Å². The molecule has 1 saturated carbocycles. The first-order valence-corrected chi connectivity index (χ1v) is 9.18. The molecule has 4 rings (SSSR count). The van der Waals surface area contributed by atoms with Crippen LogP contribution >= 0.6 is 0 Å². The van der Waals surface area contributed by atoms with Crippen LogP contribution in [0.4, 0.5) is 13.2 Å². The van der Waals surface area contributed by atoms with Crippen molar-refractivity contribution in [1.29, 1.82) is 0 Å². The second kappa shape index (κ2) is 6.51. The molecule has 0 aromatic heterocycles. The molecule has 3 fully saturated rings. The van der Waals surface area contributed by atoms with Gasteiger partial charge in [0.05, 0.1) is 0 Å². The lowest BCUT2D eigenvalue weighted by Crippen LogP contribution is -2.44. The Bertz CT molecular complexity index is 775. The number of carbonyl (C=O) groups excluding carboxylic acids is 1. The number of amides is 1. The van der Waals surface area contributed by atoms with Crippen molar-refractivity contribution in [3.63, 3.8) is 0 Å². The van der Waals surface area contributed by atoms with Gasteiger partial charge < -0.3 is 10.0 Å². The van der Waals surface area contributed by atoms with E-state index in [0.29, 0.717) is 13.1 Å². The second-order valence-corrected chi connectivity index (χ2v) is 8.05. The van der Waals surface area contributed by atoms with Crippen molar-refractivity contribution in [3.8, 4) is 0 Å². The summed E-state index contributed by atoms with van der Waals surface area (Å²) in [5.41, 5.74) is -0.800. The van der Waals surface area contributed by atoms with E-state index in [0.717, 1.165) is 31.4 Å². The van der Waals surface area contributed by atoms with Gasteiger partial charge in [0, 0.05) is 44.6 Å². The highest BCUT2D eigenvalue weighted by Gasteiger charge is 2.58. The molecule has 2 saturated heterocycles. The van der Waals surface area contributed by atoms with Crippen molar-refractivity contribution in [1.82, 2.24) is 9.80 Å². The van der Waals surface area contributed by atoms with Gasteiger partial charge in [0.15, 0.2) is 17.5 Å². The molecule has 1 aromatic rings. The van der Waals surface area contributed by atoms with E-state index in [-0.39, 0.29) is 42.9 Å². The number of hydrogen-bond acceptors (Lipinski definition) is 3. The largest absolute Gasteiger partial charge is 0.481 e. The van der Waals surface area contributed by atoms with Crippen LogP contribution in [0.1, 0.15) is 24.8 Å². The van der Waals surface area contributed by atoms with Crippen LogP contribution in [0.25, 0.3) is 0 Å². The van der Waals surface area contributed by atoms with Crippen LogP contribution in [0.15, 0.2) is 12.1 Å². The number of nitrogens with zero attached hydrogens (tertiary/aromatic N) is 2. The number of carboxylic acid groups (broad SMARTS) is 1. The number of likely N-dealkylation sites (tertiary alicyclic amines) is 2. The lowest BCUT2D eigenvalue weighted by atomic mass is 9.81. The molecule has 27 heavy (non-hydrogen) atoms. The minimum absolute atomic E-state index is 0.0240. The Kier molecular flexibility index (Phi) is 4.41. The summed E-state index contributed by atoms with van der Waals surface area (Å²) in [6, 6.07) is 1.87. The molecule has 0 unspecified atom stereocenters. The zero-order valence-electron chi connectivity index (χ0n) is 14.8. The minimum Gasteiger partial charge on any atom is -0.481 e. The lowest BCUT2D eigenvalue weighted by molar-refractivity contribution is -0.149. The normalized spacial score (nSPS) is 28.3. The fourth-order valence-corrected chi connectivity index (χ4v) is 4.63. The zero-order chi connectivity index (χ0) is 19.3. The fourth-order valence-electron chi connectivity index (χ4n) is 4.63. The van der Waals surface area contributed by atoms with Crippen molar-refractivity contribution in [2.24, 2.45) is 17.3 Å². The molecule has 0 bridgehead atoms. The molecule has 0 radical (unpaired) electrons. The van der Waals surface area contributed by atoms with E-state index in [9.17, 15) is 27.9 Å². The minimum atomic E-state index is -1.51. The maximum Gasteiger partial charge on any atom is 0.313 e. The van der Waals surface area contributed by atoms with Gasteiger partial charge in [0.25, 0.3) is 0 Å². The number of aliphatic carboxylic acids is 1. The maximum atomic E-state index is 13.4. The molecule has 5 nitrogen and oxygen atoms in total. The molecule has 2 atom stereocenters. The topological polar surface area (TPSA) is 60.9 Å². The molecule has 1 N–H and O–H groups in total. The van der Waals surface area contributed by atoms with E-state index in [1.165, 1.54) is 0 Å². The number of fused-ring (bicyclic) bond motifs is 1. The fraction of sp³-hybridized carbons (Fsp3) is 0.579. The summed E-state index contributed by atoms with van der Waals surface area (Å²) in [5, 5.41) is 9.86. The Labute approximate surface area is 154 Å². The molecule has 2 aliphatic heterocycles. The second-order valence-electron chi connectivity index (χ2n) is 8.05. The molecular weight excluding hydrogens is 361 g/mol. The number of carbonyl (C=O) groups is 2. The van der Waals surface area contributed by atoms with Crippen molar-refractivity contribution >= 4 is 11.9 Å². The molecule has 1 aromatic carbocycles. The first-order valence-electron chi connectivity index (χ1n) is 9.18. The third-order valence-corrected chi connectivity index (χ3v) is 6.32. The first kappa shape index (κ1) is 18.3. The molecule has 1 amide bonds. The quantitative estimate of drug-likeness (QED) is 0.812. The van der Waals surface area contributed by atoms with Crippen molar-refractivity contribution in [3.05, 3.63) is 35.1 Å². The van der Waals surface area contributed by atoms with Gasteiger partial charge in [-0.25, -0.2) is 13.2 Å². The molecule has 2 heterocycles. The van der Waals surface area contributed by atoms with E-state index >= 15 is 0 Å². The molecule has 0 spiro atoms. The Hall–Kier alpha value is -2.09. The first-order chi connectivity index (χ1) is 12.8. The Morgan fingerprint density at radius 3 is 2.30 bits per heavy atom. The van der Waals surface area contributed by atoms with Crippen LogP contribution in [-0.2, 0) is 16.1 Å². The Morgan fingerprint density at radius 2 is 1.78 bits per heavy atom. The summed E-state index contributed by atoms with van der Waals surface area (Å²) < 4.78 is 40.0. The van der Waals surface area contributed by atoms with E-state index in [1.54, 1.807) is 4.90 Å². The van der Waals surface area contributed by atoms with Gasteiger partial charge in [0.2, 0.25) is 5.91 Å². The SMILES string of the molecule is O=C(C1CCC1)N1C[C@@H]2CN(Cc3cc(F)c(F)c(F)c3)C[C@]2(C(=O)O)C1. The van der Waals surface area contributed by atoms with Gasteiger partial charge >= 0.3 is 5.97 Å². The van der Waals surface area contributed by atoms with Gasteiger partial charge in [-0.05, 0) is 30.5 Å². The number of halogens is 3. The maximum absolute atomic E-state index is 13.4. The molecule has 146 valence electrons. The van der Waals surface area contributed by atoms with Gasteiger partial charge in [0.1, 0.15) is 5.41 Å². The van der Waals surface area contributed by atoms with Crippen LogP contribution in [0.5, 0.6) is 0 Å². The van der Waals surface area contributed by atoms with Crippen LogP contribution in [0, 0.1) is 34.7 Å². The number of rotatable bonds is 4. The summed E-state index contributed by atoms with van der Waals surface area (Å²) in [6.07, 6.45) is 2.78. The summed E-state index contributed by atoms with van der Waals surface area (Å²) in [4.78, 5) is 28.0. The van der Waals surface area contributed by atoms with Crippen LogP contribution in [-0.4, -0.2) is 53.0 Å². The van der Waals surface area contributed by atoms with Gasteiger partial charge in [-0.15, -0.1) is 0 Å². The summed E-state index contributed by atoms with van der Waals surface area (Å²) >= 11 is 0. The average Bonchev–Trinajstić information content (AvgIpc) is 3.05. The average molecular weight is 382 g/mol. The van der Waals surface area contributed by atoms with Crippen molar-refractivity contribution < 1.29 is 27.9 Å². The highest BCUT2D eigenvalue weighted by molar-refractivity contribution is 5.83. The summed E-state index contributed by atoms with van der Waals surface area (Å²) in [6.45, 7) is 1.31. The molecular formula is C19H21F3N2O3. The highest BCUT2D eigenvalue weighted by atomic mass is 19.2.